The maximum Gasteiger partial charge on any atom is 0.222 e. The minimum atomic E-state index is 0.270. The van der Waals surface area contributed by atoms with Gasteiger partial charge >= 0.3 is 0 Å². The molecule has 100 valence electrons. The molecule has 0 aliphatic rings. The summed E-state index contributed by atoms with van der Waals surface area (Å²) in [6, 6.07) is 9.55. The average Bonchev–Trinajstić information content (AvgIpc) is 2.38. The molecule has 0 spiro atoms. The summed E-state index contributed by atoms with van der Waals surface area (Å²) in [5, 5.41) is 0. The number of para-hydroxylation sites is 1. The van der Waals surface area contributed by atoms with Gasteiger partial charge in [0.25, 0.3) is 0 Å². The number of benzene rings is 1. The third kappa shape index (κ3) is 3.29. The largest absolute Gasteiger partial charge is 0.439 e. The van der Waals surface area contributed by atoms with Gasteiger partial charge in [0.1, 0.15) is 11.6 Å². The summed E-state index contributed by atoms with van der Waals surface area (Å²) in [6.07, 6.45) is 0. The predicted molar refractivity (Wildman–Crippen MR) is 75.3 cm³/mol. The Kier molecular flexibility index (Phi) is 4.12. The third-order valence-corrected chi connectivity index (χ3v) is 2.77. The van der Waals surface area contributed by atoms with E-state index in [1.807, 2.05) is 37.3 Å². The lowest BCUT2D eigenvalue weighted by Crippen LogP contribution is -2.03. The Labute approximate surface area is 113 Å². The minimum Gasteiger partial charge on any atom is -0.439 e. The molecular formula is C15H19N3O. The lowest BCUT2D eigenvalue weighted by molar-refractivity contribution is 0.450. The van der Waals surface area contributed by atoms with Crippen LogP contribution in [0.1, 0.15) is 36.8 Å². The number of nitrogens with zero attached hydrogens (tertiary/aromatic N) is 2. The monoisotopic (exact) mass is 257 g/mol. The molecule has 0 amide bonds. The molecule has 0 aliphatic carbocycles. The number of hydrogen-bond donors (Lipinski definition) is 1. The van der Waals surface area contributed by atoms with Gasteiger partial charge in [0, 0.05) is 29.8 Å². The molecule has 19 heavy (non-hydrogen) atoms. The van der Waals surface area contributed by atoms with E-state index in [0.29, 0.717) is 12.4 Å². The van der Waals surface area contributed by atoms with Gasteiger partial charge in [-0.05, 0) is 13.0 Å². The van der Waals surface area contributed by atoms with Crippen molar-refractivity contribution in [3.05, 3.63) is 47.4 Å². The van der Waals surface area contributed by atoms with Crippen molar-refractivity contribution < 1.29 is 4.74 Å². The van der Waals surface area contributed by atoms with Crippen molar-refractivity contribution in [3.63, 3.8) is 0 Å². The zero-order chi connectivity index (χ0) is 13.8. The fourth-order valence-corrected chi connectivity index (χ4v) is 1.76. The standard InChI is InChI=1S/C15H19N3O/c1-10(2)15-17-11(3)8-14(18-15)19-13-7-5-4-6-12(13)9-16/h4-8,10H,9,16H2,1-3H3. The average molecular weight is 257 g/mol. The molecule has 4 heteroatoms. The highest BCUT2D eigenvalue weighted by atomic mass is 16.5. The Morgan fingerprint density at radius 3 is 2.63 bits per heavy atom. The first kappa shape index (κ1) is 13.5. The van der Waals surface area contributed by atoms with Crippen LogP contribution in [-0.2, 0) is 6.54 Å². The normalized spacial score (nSPS) is 10.8. The molecule has 0 atom stereocenters. The predicted octanol–water partition coefficient (Wildman–Crippen LogP) is 3.16. The van der Waals surface area contributed by atoms with Gasteiger partial charge in [-0.15, -0.1) is 0 Å². The highest BCUT2D eigenvalue weighted by Gasteiger charge is 2.09. The maximum atomic E-state index is 5.84. The van der Waals surface area contributed by atoms with Gasteiger partial charge in [-0.3, -0.25) is 0 Å². The first-order chi connectivity index (χ1) is 9.10. The quantitative estimate of drug-likeness (QED) is 0.914. The number of ether oxygens (including phenoxy) is 1. The second kappa shape index (κ2) is 5.80. The lowest BCUT2D eigenvalue weighted by atomic mass is 10.2. The van der Waals surface area contributed by atoms with E-state index in [2.05, 4.69) is 23.8 Å². The highest BCUT2D eigenvalue weighted by molar-refractivity contribution is 5.36. The van der Waals surface area contributed by atoms with Gasteiger partial charge in [0.05, 0.1) is 0 Å². The molecule has 0 bridgehead atoms. The van der Waals surface area contributed by atoms with Crippen LogP contribution in [0.4, 0.5) is 0 Å². The van der Waals surface area contributed by atoms with Gasteiger partial charge in [-0.1, -0.05) is 32.0 Å². The molecule has 2 N–H and O–H groups in total. The smallest absolute Gasteiger partial charge is 0.222 e. The van der Waals surface area contributed by atoms with Crippen LogP contribution >= 0.6 is 0 Å². The summed E-state index contributed by atoms with van der Waals surface area (Å²) in [4.78, 5) is 8.83. The summed E-state index contributed by atoms with van der Waals surface area (Å²) in [5.41, 5.74) is 7.56. The molecule has 2 rings (SSSR count). The molecule has 0 radical (unpaired) electrons. The van der Waals surface area contributed by atoms with E-state index >= 15 is 0 Å². The Hall–Kier alpha value is -1.94. The molecule has 1 aromatic carbocycles. The summed E-state index contributed by atoms with van der Waals surface area (Å²) in [6.45, 7) is 6.51. The second-order valence-corrected chi connectivity index (χ2v) is 4.77. The van der Waals surface area contributed by atoms with E-state index in [1.54, 1.807) is 0 Å². The van der Waals surface area contributed by atoms with Crippen LogP contribution < -0.4 is 10.5 Å². The molecule has 2 aromatic rings. The second-order valence-electron chi connectivity index (χ2n) is 4.77. The Morgan fingerprint density at radius 2 is 1.95 bits per heavy atom. The summed E-state index contributed by atoms with van der Waals surface area (Å²) >= 11 is 0. The van der Waals surface area contributed by atoms with E-state index < -0.39 is 0 Å². The molecule has 0 saturated heterocycles. The fourth-order valence-electron chi connectivity index (χ4n) is 1.76. The minimum absolute atomic E-state index is 0.270. The molecule has 0 unspecified atom stereocenters. The van der Waals surface area contributed by atoms with Crippen molar-refractivity contribution in [1.29, 1.82) is 0 Å². The van der Waals surface area contributed by atoms with Crippen LogP contribution in [0.25, 0.3) is 0 Å². The van der Waals surface area contributed by atoms with Crippen LogP contribution in [-0.4, -0.2) is 9.97 Å². The fraction of sp³-hybridized carbons (Fsp3) is 0.333. The molecule has 4 nitrogen and oxygen atoms in total. The van der Waals surface area contributed by atoms with Gasteiger partial charge in [-0.25, -0.2) is 4.98 Å². The Balaban J connectivity index is 2.32. The van der Waals surface area contributed by atoms with Crippen molar-refractivity contribution >= 4 is 0 Å². The number of aromatic nitrogens is 2. The van der Waals surface area contributed by atoms with Crippen molar-refractivity contribution in [2.75, 3.05) is 0 Å². The van der Waals surface area contributed by atoms with Crippen LogP contribution in [0.5, 0.6) is 11.6 Å². The number of rotatable bonds is 4. The van der Waals surface area contributed by atoms with Crippen molar-refractivity contribution in [2.45, 2.75) is 33.2 Å². The van der Waals surface area contributed by atoms with Gasteiger partial charge in [-0.2, -0.15) is 4.98 Å². The first-order valence-corrected chi connectivity index (χ1v) is 6.41. The van der Waals surface area contributed by atoms with Crippen LogP contribution in [0.2, 0.25) is 0 Å². The topological polar surface area (TPSA) is 61.0 Å². The number of aryl methyl sites for hydroxylation is 1. The zero-order valence-corrected chi connectivity index (χ0v) is 11.6. The molecule has 0 fully saturated rings. The van der Waals surface area contributed by atoms with E-state index in [1.165, 1.54) is 0 Å². The van der Waals surface area contributed by atoms with Gasteiger partial charge in [0.15, 0.2) is 0 Å². The first-order valence-electron chi connectivity index (χ1n) is 6.41. The van der Waals surface area contributed by atoms with Crippen molar-refractivity contribution in [1.82, 2.24) is 9.97 Å². The molecule has 1 heterocycles. The molecule has 0 aliphatic heterocycles. The summed E-state index contributed by atoms with van der Waals surface area (Å²) in [7, 11) is 0. The lowest BCUT2D eigenvalue weighted by Gasteiger charge is -2.11. The summed E-state index contributed by atoms with van der Waals surface area (Å²) in [5.74, 6) is 2.38. The van der Waals surface area contributed by atoms with Crippen LogP contribution in [0.3, 0.4) is 0 Å². The maximum absolute atomic E-state index is 5.84. The van der Waals surface area contributed by atoms with E-state index in [0.717, 1.165) is 22.8 Å². The Morgan fingerprint density at radius 1 is 1.21 bits per heavy atom. The summed E-state index contributed by atoms with van der Waals surface area (Å²) < 4.78 is 5.84. The SMILES string of the molecule is Cc1cc(Oc2ccccc2CN)nc(C(C)C)n1. The third-order valence-electron chi connectivity index (χ3n) is 2.77. The molecule has 0 saturated carbocycles. The van der Waals surface area contributed by atoms with Gasteiger partial charge < -0.3 is 10.5 Å². The van der Waals surface area contributed by atoms with E-state index in [-0.39, 0.29) is 5.92 Å². The van der Waals surface area contributed by atoms with Gasteiger partial charge in [0.2, 0.25) is 5.88 Å². The van der Waals surface area contributed by atoms with Crippen LogP contribution in [0.15, 0.2) is 30.3 Å². The molecule has 1 aromatic heterocycles. The molecular weight excluding hydrogens is 238 g/mol. The van der Waals surface area contributed by atoms with Crippen molar-refractivity contribution in [2.24, 2.45) is 5.73 Å². The van der Waals surface area contributed by atoms with E-state index in [9.17, 15) is 0 Å². The highest BCUT2D eigenvalue weighted by Crippen LogP contribution is 2.25. The van der Waals surface area contributed by atoms with Crippen LogP contribution in [0, 0.1) is 6.92 Å². The number of nitrogens with two attached hydrogens (primary N) is 1. The number of hydrogen-bond acceptors (Lipinski definition) is 4. The Bertz CT molecular complexity index is 567. The van der Waals surface area contributed by atoms with Crippen molar-refractivity contribution in [3.8, 4) is 11.6 Å². The zero-order valence-electron chi connectivity index (χ0n) is 11.6. The van der Waals surface area contributed by atoms with E-state index in [4.69, 9.17) is 10.5 Å².